The first-order valence-electron chi connectivity index (χ1n) is 8.82. The molecule has 2 aromatic heterocycles. The maximum absolute atomic E-state index is 6.42. The highest BCUT2D eigenvalue weighted by molar-refractivity contribution is 5.78. The number of hydrogen-bond acceptors (Lipinski definition) is 7. The number of fused-ring (bicyclic) bond motifs is 2. The van der Waals surface area contributed by atoms with E-state index in [9.17, 15) is 0 Å². The first-order valence-corrected chi connectivity index (χ1v) is 8.82. The summed E-state index contributed by atoms with van der Waals surface area (Å²) in [5, 5.41) is 7.08. The zero-order valence-corrected chi connectivity index (χ0v) is 15.3. The smallest absolute Gasteiger partial charge is 0.175 e. The van der Waals surface area contributed by atoms with Crippen LogP contribution in [0.4, 0.5) is 23.1 Å². The molecule has 3 N–H and O–H groups in total. The van der Waals surface area contributed by atoms with E-state index in [1.165, 1.54) is 12.8 Å². The molecule has 2 aromatic rings. The molecule has 1 saturated carbocycles. The molecule has 7 nitrogen and oxygen atoms in total. The lowest BCUT2D eigenvalue weighted by molar-refractivity contribution is 0.136. The van der Waals surface area contributed by atoms with Gasteiger partial charge in [0.15, 0.2) is 17.5 Å². The minimum Gasteiger partial charge on any atom is -0.393 e. The van der Waals surface area contributed by atoms with Crippen molar-refractivity contribution in [3.8, 4) is 0 Å². The second kappa shape index (κ2) is 5.34. The van der Waals surface area contributed by atoms with Crippen molar-refractivity contribution in [1.29, 1.82) is 0 Å². The van der Waals surface area contributed by atoms with Crippen molar-refractivity contribution in [2.75, 3.05) is 22.5 Å². The number of nitrogens with zero attached hydrogens (tertiary/aromatic N) is 4. The van der Waals surface area contributed by atoms with Gasteiger partial charge in [0.25, 0.3) is 0 Å². The molecule has 3 heterocycles. The van der Waals surface area contributed by atoms with E-state index in [1.54, 1.807) is 6.33 Å². The summed E-state index contributed by atoms with van der Waals surface area (Å²) in [5.41, 5.74) is 7.67. The quantitative estimate of drug-likeness (QED) is 0.881. The van der Waals surface area contributed by atoms with E-state index in [1.807, 2.05) is 13.0 Å². The first-order chi connectivity index (χ1) is 11.7. The van der Waals surface area contributed by atoms with Crippen molar-refractivity contribution in [2.24, 2.45) is 10.8 Å². The molecular formula is C18H26N6O. The van der Waals surface area contributed by atoms with Crippen molar-refractivity contribution < 1.29 is 4.52 Å². The molecule has 0 amide bonds. The molecule has 2 bridgehead atoms. The largest absolute Gasteiger partial charge is 0.393 e. The van der Waals surface area contributed by atoms with Crippen LogP contribution in [0.3, 0.4) is 0 Å². The first kappa shape index (κ1) is 16.2. The normalized spacial score (nSPS) is 27.5. The van der Waals surface area contributed by atoms with Gasteiger partial charge in [0.2, 0.25) is 0 Å². The van der Waals surface area contributed by atoms with E-state index in [-0.39, 0.29) is 0 Å². The van der Waals surface area contributed by atoms with Gasteiger partial charge in [0.05, 0.1) is 0 Å². The van der Waals surface area contributed by atoms with Crippen molar-refractivity contribution in [3.05, 3.63) is 18.2 Å². The molecule has 1 aliphatic carbocycles. The van der Waals surface area contributed by atoms with Gasteiger partial charge in [0.1, 0.15) is 17.8 Å². The fourth-order valence-electron chi connectivity index (χ4n) is 4.97. The Bertz CT molecular complexity index is 801. The summed E-state index contributed by atoms with van der Waals surface area (Å²) < 4.78 is 5.09. The second-order valence-electron chi connectivity index (χ2n) is 8.75. The molecule has 7 heteroatoms. The van der Waals surface area contributed by atoms with Gasteiger partial charge in [0, 0.05) is 18.7 Å². The summed E-state index contributed by atoms with van der Waals surface area (Å²) in [6, 6.07) is 2.29. The van der Waals surface area contributed by atoms with Gasteiger partial charge < -0.3 is 20.5 Å². The van der Waals surface area contributed by atoms with Crippen LogP contribution in [0.1, 0.15) is 45.8 Å². The number of rotatable bonds is 3. The van der Waals surface area contributed by atoms with Gasteiger partial charge >= 0.3 is 0 Å². The maximum atomic E-state index is 6.42. The Morgan fingerprint density at radius 2 is 2.08 bits per heavy atom. The predicted octanol–water partition coefficient (Wildman–Crippen LogP) is 3.50. The fraction of sp³-hybridized carbons (Fsp3) is 0.611. The molecule has 0 radical (unpaired) electrons. The Kier molecular flexibility index (Phi) is 3.46. The lowest BCUT2D eigenvalue weighted by Gasteiger charge is -2.39. The molecule has 2 aliphatic rings. The molecule has 0 spiro atoms. The van der Waals surface area contributed by atoms with Gasteiger partial charge in [-0.2, -0.15) is 0 Å². The number of anilines is 4. The summed E-state index contributed by atoms with van der Waals surface area (Å²) in [4.78, 5) is 11.2. The predicted molar refractivity (Wildman–Crippen MR) is 97.8 cm³/mol. The van der Waals surface area contributed by atoms with E-state index >= 15 is 0 Å². The SMILES string of the molecule is Cc1cc(Nc2ncnc(N3CC4(C)CC3CC(C)(C)C4)c2N)no1. The van der Waals surface area contributed by atoms with E-state index in [0.717, 1.165) is 24.5 Å². The molecule has 1 aliphatic heterocycles. The summed E-state index contributed by atoms with van der Waals surface area (Å²) in [6.45, 7) is 9.95. The number of nitrogens with two attached hydrogens (primary N) is 1. The molecule has 2 fully saturated rings. The summed E-state index contributed by atoms with van der Waals surface area (Å²) in [6.07, 6.45) is 5.17. The summed E-state index contributed by atoms with van der Waals surface area (Å²) >= 11 is 0. The lowest BCUT2D eigenvalue weighted by Crippen LogP contribution is -2.35. The van der Waals surface area contributed by atoms with Gasteiger partial charge in [-0.25, -0.2) is 9.97 Å². The van der Waals surface area contributed by atoms with Gasteiger partial charge in [-0.3, -0.25) is 0 Å². The van der Waals surface area contributed by atoms with E-state index in [0.29, 0.717) is 34.2 Å². The van der Waals surface area contributed by atoms with Crippen LogP contribution in [0, 0.1) is 17.8 Å². The molecule has 25 heavy (non-hydrogen) atoms. The van der Waals surface area contributed by atoms with Crippen molar-refractivity contribution in [3.63, 3.8) is 0 Å². The minimum atomic E-state index is 0.320. The molecule has 2 unspecified atom stereocenters. The van der Waals surface area contributed by atoms with Crippen LogP contribution in [0.2, 0.25) is 0 Å². The van der Waals surface area contributed by atoms with Crippen LogP contribution < -0.4 is 16.0 Å². The standard InChI is InChI=1S/C18H26N6O/c1-11-5-13(23-25-11)22-15-14(19)16(21-10-20-15)24-9-18(4)7-12(24)6-17(2,3)8-18/h5,10,12H,6-9,19H2,1-4H3,(H,20,21,22,23). The van der Waals surface area contributed by atoms with Crippen LogP contribution in [0.15, 0.2) is 16.9 Å². The van der Waals surface area contributed by atoms with Crippen LogP contribution in [0.25, 0.3) is 0 Å². The second-order valence-corrected chi connectivity index (χ2v) is 8.75. The highest BCUT2D eigenvalue weighted by Crippen LogP contribution is 2.54. The van der Waals surface area contributed by atoms with Crippen LogP contribution in [-0.4, -0.2) is 27.7 Å². The topological polar surface area (TPSA) is 93.1 Å². The molecule has 4 rings (SSSR count). The summed E-state index contributed by atoms with van der Waals surface area (Å²) in [5.74, 6) is 2.73. The third kappa shape index (κ3) is 2.92. The minimum absolute atomic E-state index is 0.320. The molecule has 134 valence electrons. The highest BCUT2D eigenvalue weighted by atomic mass is 16.5. The molecule has 2 atom stereocenters. The van der Waals surface area contributed by atoms with Gasteiger partial charge in [-0.15, -0.1) is 0 Å². The fourth-order valence-corrected chi connectivity index (χ4v) is 4.97. The molecule has 1 saturated heterocycles. The van der Waals surface area contributed by atoms with Crippen molar-refractivity contribution in [1.82, 2.24) is 15.1 Å². The molecular weight excluding hydrogens is 316 g/mol. The van der Waals surface area contributed by atoms with Crippen LogP contribution in [-0.2, 0) is 0 Å². The third-order valence-corrected chi connectivity index (χ3v) is 5.42. The van der Waals surface area contributed by atoms with E-state index in [2.05, 4.69) is 46.1 Å². The Balaban J connectivity index is 1.64. The monoisotopic (exact) mass is 342 g/mol. The zero-order chi connectivity index (χ0) is 17.8. The molecule has 0 aromatic carbocycles. The van der Waals surface area contributed by atoms with E-state index in [4.69, 9.17) is 10.3 Å². The van der Waals surface area contributed by atoms with Crippen LogP contribution in [0.5, 0.6) is 0 Å². The number of aryl methyl sites for hydroxylation is 1. The maximum Gasteiger partial charge on any atom is 0.175 e. The number of hydrogen-bond donors (Lipinski definition) is 2. The Labute approximate surface area is 148 Å². The average molecular weight is 342 g/mol. The third-order valence-electron chi connectivity index (χ3n) is 5.42. The van der Waals surface area contributed by atoms with Crippen LogP contribution >= 0.6 is 0 Å². The Morgan fingerprint density at radius 3 is 2.80 bits per heavy atom. The van der Waals surface area contributed by atoms with Crippen molar-refractivity contribution >= 4 is 23.1 Å². The average Bonchev–Trinajstić information content (AvgIpc) is 3.01. The van der Waals surface area contributed by atoms with Crippen molar-refractivity contribution in [2.45, 2.75) is 53.0 Å². The number of nitrogens with one attached hydrogen (secondary N) is 1. The Morgan fingerprint density at radius 1 is 1.28 bits per heavy atom. The van der Waals surface area contributed by atoms with Gasteiger partial charge in [-0.05, 0) is 37.0 Å². The highest BCUT2D eigenvalue weighted by Gasteiger charge is 2.50. The van der Waals surface area contributed by atoms with Gasteiger partial charge in [-0.1, -0.05) is 25.9 Å². The number of aromatic nitrogens is 3. The Hall–Kier alpha value is -2.31. The van der Waals surface area contributed by atoms with E-state index < -0.39 is 0 Å². The summed E-state index contributed by atoms with van der Waals surface area (Å²) in [7, 11) is 0. The lowest BCUT2D eigenvalue weighted by atomic mass is 9.65. The zero-order valence-electron chi connectivity index (χ0n) is 15.3. The number of nitrogen functional groups attached to an aromatic ring is 1.